The van der Waals surface area contributed by atoms with Gasteiger partial charge in [0.25, 0.3) is 0 Å². The third-order valence-corrected chi connectivity index (χ3v) is 1.84. The summed E-state index contributed by atoms with van der Waals surface area (Å²) in [5.41, 5.74) is 0.208. The first-order chi connectivity index (χ1) is 8.15. The average molecular weight is 232 g/mol. The highest BCUT2D eigenvalue weighted by atomic mass is 16.5. The van der Waals surface area contributed by atoms with Crippen molar-refractivity contribution in [2.24, 2.45) is 0 Å². The highest BCUT2D eigenvalue weighted by molar-refractivity contribution is 5.93. The smallest absolute Gasteiger partial charge is 0.341 e. The predicted molar refractivity (Wildman–Crippen MR) is 61.5 cm³/mol. The third kappa shape index (κ3) is 3.99. The summed E-state index contributed by atoms with van der Waals surface area (Å²) in [6, 6.07) is 6.37. The Morgan fingerprint density at radius 2 is 2.06 bits per heavy atom. The standard InChI is InChI=1S/C13H12O4/c1-3-4-9-16-13(15)11-7-5-6-8-12(11)17-10(2)14/h1,5-8H,4,9H2,2H3. The molecule has 0 saturated heterocycles. The second-order valence-corrected chi connectivity index (χ2v) is 3.18. The van der Waals surface area contributed by atoms with Crippen molar-refractivity contribution in [2.75, 3.05) is 6.61 Å². The Hall–Kier alpha value is -2.28. The molecule has 0 atom stereocenters. The van der Waals surface area contributed by atoms with Gasteiger partial charge < -0.3 is 9.47 Å². The molecule has 0 fully saturated rings. The normalized spacial score (nSPS) is 9.18. The Labute approximate surface area is 99.5 Å². The monoisotopic (exact) mass is 232 g/mol. The maximum atomic E-state index is 11.6. The SMILES string of the molecule is C#CCCOC(=O)c1ccccc1OC(C)=O. The second-order valence-electron chi connectivity index (χ2n) is 3.18. The van der Waals surface area contributed by atoms with Crippen molar-refractivity contribution in [3.63, 3.8) is 0 Å². The van der Waals surface area contributed by atoms with E-state index in [0.29, 0.717) is 6.42 Å². The van der Waals surface area contributed by atoms with Gasteiger partial charge in [-0.05, 0) is 12.1 Å². The van der Waals surface area contributed by atoms with Crippen LogP contribution in [-0.2, 0) is 9.53 Å². The summed E-state index contributed by atoms with van der Waals surface area (Å²) in [6.45, 7) is 1.41. The van der Waals surface area contributed by atoms with Crippen LogP contribution in [0.15, 0.2) is 24.3 Å². The quantitative estimate of drug-likeness (QED) is 0.344. The van der Waals surface area contributed by atoms with Crippen molar-refractivity contribution in [1.82, 2.24) is 0 Å². The van der Waals surface area contributed by atoms with E-state index in [4.69, 9.17) is 15.9 Å². The molecule has 0 aliphatic rings. The van der Waals surface area contributed by atoms with Gasteiger partial charge in [-0.2, -0.15) is 0 Å². The van der Waals surface area contributed by atoms with Gasteiger partial charge in [0.2, 0.25) is 0 Å². The first kappa shape index (κ1) is 12.8. The minimum Gasteiger partial charge on any atom is -0.461 e. The van der Waals surface area contributed by atoms with E-state index in [0.717, 1.165) is 0 Å². The van der Waals surface area contributed by atoms with Crippen LogP contribution in [0, 0.1) is 12.3 Å². The molecule has 0 amide bonds. The molecule has 0 heterocycles. The molecule has 17 heavy (non-hydrogen) atoms. The molecule has 1 rings (SSSR count). The number of para-hydroxylation sites is 1. The number of terminal acetylenes is 1. The summed E-state index contributed by atoms with van der Waals surface area (Å²) in [4.78, 5) is 22.5. The molecule has 0 aromatic heterocycles. The molecule has 0 aliphatic heterocycles. The molecular formula is C13H12O4. The fraction of sp³-hybridized carbons (Fsp3) is 0.231. The first-order valence-corrected chi connectivity index (χ1v) is 5.03. The van der Waals surface area contributed by atoms with Crippen LogP contribution >= 0.6 is 0 Å². The zero-order valence-corrected chi connectivity index (χ0v) is 9.43. The number of carbonyl (C=O) groups excluding carboxylic acids is 2. The zero-order chi connectivity index (χ0) is 12.7. The molecule has 0 unspecified atom stereocenters. The molecular weight excluding hydrogens is 220 g/mol. The van der Waals surface area contributed by atoms with Crippen LogP contribution < -0.4 is 4.74 Å². The van der Waals surface area contributed by atoms with Crippen molar-refractivity contribution in [1.29, 1.82) is 0 Å². The van der Waals surface area contributed by atoms with Gasteiger partial charge in [0, 0.05) is 13.3 Å². The summed E-state index contributed by atoms with van der Waals surface area (Å²) >= 11 is 0. The topological polar surface area (TPSA) is 52.6 Å². The van der Waals surface area contributed by atoms with Crippen molar-refractivity contribution in [3.8, 4) is 18.1 Å². The van der Waals surface area contributed by atoms with Gasteiger partial charge in [-0.15, -0.1) is 12.3 Å². The molecule has 88 valence electrons. The van der Waals surface area contributed by atoms with Crippen LogP contribution in [0.2, 0.25) is 0 Å². The summed E-state index contributed by atoms with van der Waals surface area (Å²) in [5, 5.41) is 0. The van der Waals surface area contributed by atoms with Gasteiger partial charge in [0.05, 0.1) is 0 Å². The lowest BCUT2D eigenvalue weighted by Gasteiger charge is -2.07. The van der Waals surface area contributed by atoms with Crippen molar-refractivity contribution < 1.29 is 19.1 Å². The van der Waals surface area contributed by atoms with E-state index in [1.807, 2.05) is 0 Å². The number of hydrogen-bond donors (Lipinski definition) is 0. The summed E-state index contributed by atoms with van der Waals surface area (Å²) in [6.07, 6.45) is 5.39. The molecule has 0 aliphatic carbocycles. The van der Waals surface area contributed by atoms with Crippen molar-refractivity contribution >= 4 is 11.9 Å². The number of esters is 2. The second kappa shape index (κ2) is 6.33. The minimum atomic E-state index is -0.558. The third-order valence-electron chi connectivity index (χ3n) is 1.84. The summed E-state index contributed by atoms with van der Waals surface area (Å²) < 4.78 is 9.81. The summed E-state index contributed by atoms with van der Waals surface area (Å²) in [5.74, 6) is 1.49. The van der Waals surface area contributed by atoms with Crippen LogP contribution in [0.25, 0.3) is 0 Å². The average Bonchev–Trinajstić information content (AvgIpc) is 2.29. The number of benzene rings is 1. The lowest BCUT2D eigenvalue weighted by Crippen LogP contribution is -2.10. The molecule has 1 aromatic rings. The zero-order valence-electron chi connectivity index (χ0n) is 9.43. The Morgan fingerprint density at radius 3 is 2.71 bits per heavy atom. The van der Waals surface area contributed by atoms with Crippen molar-refractivity contribution in [3.05, 3.63) is 29.8 Å². The first-order valence-electron chi connectivity index (χ1n) is 5.03. The van der Waals surface area contributed by atoms with Crippen LogP contribution in [0.5, 0.6) is 5.75 Å². The molecule has 4 heteroatoms. The molecule has 0 N–H and O–H groups in total. The molecule has 1 aromatic carbocycles. The summed E-state index contributed by atoms with van der Waals surface area (Å²) in [7, 11) is 0. The van der Waals surface area contributed by atoms with E-state index in [9.17, 15) is 9.59 Å². The fourth-order valence-electron chi connectivity index (χ4n) is 1.16. The molecule has 0 bridgehead atoms. The maximum absolute atomic E-state index is 11.6. The van der Waals surface area contributed by atoms with Crippen molar-refractivity contribution in [2.45, 2.75) is 13.3 Å². The van der Waals surface area contributed by atoms with Gasteiger partial charge in [0.1, 0.15) is 17.9 Å². The van der Waals surface area contributed by atoms with Gasteiger partial charge in [-0.25, -0.2) is 4.79 Å². The Kier molecular flexibility index (Phi) is 4.77. The van der Waals surface area contributed by atoms with Gasteiger partial charge in [-0.1, -0.05) is 12.1 Å². The van der Waals surface area contributed by atoms with E-state index in [-0.39, 0.29) is 17.9 Å². The molecule has 0 radical (unpaired) electrons. The largest absolute Gasteiger partial charge is 0.461 e. The fourth-order valence-corrected chi connectivity index (χ4v) is 1.16. The van der Waals surface area contributed by atoms with E-state index in [2.05, 4.69) is 5.92 Å². The van der Waals surface area contributed by atoms with Crippen LogP contribution in [0.1, 0.15) is 23.7 Å². The Bertz CT molecular complexity index is 457. The number of rotatable bonds is 4. The number of hydrogen-bond acceptors (Lipinski definition) is 4. The van der Waals surface area contributed by atoms with Crippen LogP contribution in [0.4, 0.5) is 0 Å². The Morgan fingerprint density at radius 1 is 1.35 bits per heavy atom. The molecule has 4 nitrogen and oxygen atoms in total. The van der Waals surface area contributed by atoms with E-state index < -0.39 is 11.9 Å². The number of carbonyl (C=O) groups is 2. The lowest BCUT2D eigenvalue weighted by atomic mass is 10.2. The van der Waals surface area contributed by atoms with Gasteiger partial charge >= 0.3 is 11.9 Å². The van der Waals surface area contributed by atoms with E-state index in [1.165, 1.54) is 19.1 Å². The lowest BCUT2D eigenvalue weighted by molar-refractivity contribution is -0.131. The number of ether oxygens (including phenoxy) is 2. The van der Waals surface area contributed by atoms with E-state index >= 15 is 0 Å². The van der Waals surface area contributed by atoms with E-state index in [1.54, 1.807) is 12.1 Å². The minimum absolute atomic E-state index is 0.143. The molecule has 0 saturated carbocycles. The van der Waals surface area contributed by atoms with Crippen LogP contribution in [-0.4, -0.2) is 18.5 Å². The van der Waals surface area contributed by atoms with Gasteiger partial charge in [0.15, 0.2) is 0 Å². The van der Waals surface area contributed by atoms with Crippen LogP contribution in [0.3, 0.4) is 0 Å². The Balaban J connectivity index is 2.78. The molecule has 0 spiro atoms. The van der Waals surface area contributed by atoms with Gasteiger partial charge in [-0.3, -0.25) is 4.79 Å². The highest BCUT2D eigenvalue weighted by Crippen LogP contribution is 2.19. The maximum Gasteiger partial charge on any atom is 0.341 e. The highest BCUT2D eigenvalue weighted by Gasteiger charge is 2.14. The predicted octanol–water partition coefficient (Wildman–Crippen LogP) is 1.79.